The summed E-state index contributed by atoms with van der Waals surface area (Å²) in [6, 6.07) is 10.2. The van der Waals surface area contributed by atoms with Crippen molar-refractivity contribution in [1.29, 1.82) is 0 Å². The first kappa shape index (κ1) is 16.9. The minimum Gasteiger partial charge on any atom is -0.495 e. The normalized spacial score (nSPS) is 11.8. The summed E-state index contributed by atoms with van der Waals surface area (Å²) >= 11 is 0. The van der Waals surface area contributed by atoms with Crippen LogP contribution in [0.5, 0.6) is 11.5 Å². The molecule has 2 rings (SSSR count). The van der Waals surface area contributed by atoms with Gasteiger partial charge in [0, 0.05) is 0 Å². The van der Waals surface area contributed by atoms with Crippen LogP contribution in [-0.4, -0.2) is 21.9 Å². The van der Waals surface area contributed by atoms with E-state index in [1.165, 1.54) is 13.2 Å². The number of hydrogen-bond donors (Lipinski definition) is 1. The lowest BCUT2D eigenvalue weighted by Crippen LogP contribution is -2.17. The lowest BCUT2D eigenvalue weighted by atomic mass is 10.3. The number of sulfonamides is 1. The second-order valence-electron chi connectivity index (χ2n) is 4.32. The molecule has 0 spiro atoms. The molecule has 0 amide bonds. The summed E-state index contributed by atoms with van der Waals surface area (Å²) in [5.41, 5.74) is 0.214. The third kappa shape index (κ3) is 4.52. The molecule has 0 heterocycles. The number of hydrogen-bond acceptors (Lipinski definition) is 4. The summed E-state index contributed by atoms with van der Waals surface area (Å²) in [7, 11) is -2.59. The van der Waals surface area contributed by atoms with Gasteiger partial charge in [0.2, 0.25) is 0 Å². The molecule has 9 heteroatoms. The average Bonchev–Trinajstić information content (AvgIpc) is 2.46. The summed E-state index contributed by atoms with van der Waals surface area (Å²) in [4.78, 5) is -0.210. The van der Waals surface area contributed by atoms with Gasteiger partial charge in [-0.1, -0.05) is 12.1 Å². The zero-order valence-corrected chi connectivity index (χ0v) is 12.6. The molecule has 2 aromatic rings. The Kier molecular flexibility index (Phi) is 4.69. The van der Waals surface area contributed by atoms with Crippen LogP contribution in [0.4, 0.5) is 18.9 Å². The van der Waals surface area contributed by atoms with Crippen LogP contribution >= 0.6 is 0 Å². The van der Waals surface area contributed by atoms with Gasteiger partial charge < -0.3 is 9.47 Å². The highest BCUT2D eigenvalue weighted by Crippen LogP contribution is 2.28. The topological polar surface area (TPSA) is 64.6 Å². The number of rotatable bonds is 5. The molecular weight excluding hydrogens is 335 g/mol. The van der Waals surface area contributed by atoms with Crippen molar-refractivity contribution in [3.8, 4) is 11.5 Å². The van der Waals surface area contributed by atoms with E-state index in [9.17, 15) is 21.6 Å². The van der Waals surface area contributed by atoms with Crippen molar-refractivity contribution >= 4 is 15.7 Å². The number of benzene rings is 2. The van der Waals surface area contributed by atoms with Crippen molar-refractivity contribution < 1.29 is 31.1 Å². The Hall–Kier alpha value is -2.42. The van der Waals surface area contributed by atoms with Crippen molar-refractivity contribution in [2.45, 2.75) is 11.3 Å². The first-order valence-electron chi connectivity index (χ1n) is 6.23. The van der Waals surface area contributed by atoms with E-state index in [0.717, 1.165) is 24.3 Å². The van der Waals surface area contributed by atoms with Gasteiger partial charge >= 0.3 is 6.36 Å². The van der Waals surface area contributed by atoms with Gasteiger partial charge in [0.25, 0.3) is 10.0 Å². The molecular formula is C14H12F3NO4S. The largest absolute Gasteiger partial charge is 0.573 e. The Morgan fingerprint density at radius 2 is 1.61 bits per heavy atom. The number of anilines is 1. The molecule has 0 aromatic heterocycles. The van der Waals surface area contributed by atoms with Gasteiger partial charge in [-0.2, -0.15) is 0 Å². The van der Waals surface area contributed by atoms with Crippen LogP contribution < -0.4 is 14.2 Å². The Morgan fingerprint density at radius 1 is 1.00 bits per heavy atom. The van der Waals surface area contributed by atoms with Crippen LogP contribution in [0.25, 0.3) is 0 Å². The van der Waals surface area contributed by atoms with Gasteiger partial charge in [0.15, 0.2) is 0 Å². The summed E-state index contributed by atoms with van der Waals surface area (Å²) in [5, 5.41) is 0. The maximum atomic E-state index is 12.2. The zero-order chi connectivity index (χ0) is 17.1. The molecule has 0 aliphatic heterocycles. The van der Waals surface area contributed by atoms with Gasteiger partial charge in [-0.3, -0.25) is 4.72 Å². The smallest absolute Gasteiger partial charge is 0.495 e. The van der Waals surface area contributed by atoms with Crippen LogP contribution in [0, 0.1) is 0 Å². The highest BCUT2D eigenvalue weighted by atomic mass is 32.2. The predicted octanol–water partition coefficient (Wildman–Crippen LogP) is 3.39. The molecule has 0 saturated heterocycles. The van der Waals surface area contributed by atoms with Crippen LogP contribution in [0.2, 0.25) is 0 Å². The highest BCUT2D eigenvalue weighted by molar-refractivity contribution is 7.92. The van der Waals surface area contributed by atoms with Crippen molar-refractivity contribution in [3.63, 3.8) is 0 Å². The van der Waals surface area contributed by atoms with E-state index in [1.54, 1.807) is 18.2 Å². The van der Waals surface area contributed by atoms with Crippen LogP contribution in [-0.2, 0) is 10.0 Å². The molecule has 0 fully saturated rings. The summed E-state index contributed by atoms with van der Waals surface area (Å²) in [6.07, 6.45) is -4.84. The molecule has 5 nitrogen and oxygen atoms in total. The summed E-state index contributed by atoms with van der Waals surface area (Å²) in [6.45, 7) is 0. The van der Waals surface area contributed by atoms with E-state index in [0.29, 0.717) is 5.75 Å². The van der Waals surface area contributed by atoms with Crippen molar-refractivity contribution in [1.82, 2.24) is 0 Å². The van der Waals surface area contributed by atoms with Crippen molar-refractivity contribution in [2.75, 3.05) is 11.8 Å². The van der Waals surface area contributed by atoms with Crippen LogP contribution in [0.15, 0.2) is 53.4 Å². The van der Waals surface area contributed by atoms with Crippen LogP contribution in [0.1, 0.15) is 0 Å². The first-order chi connectivity index (χ1) is 10.7. The number of nitrogens with one attached hydrogen (secondary N) is 1. The molecule has 0 radical (unpaired) electrons. The molecule has 0 saturated carbocycles. The number of para-hydroxylation sites is 2. The zero-order valence-electron chi connectivity index (χ0n) is 11.8. The first-order valence-corrected chi connectivity index (χ1v) is 7.71. The molecule has 0 unspecified atom stereocenters. The van der Waals surface area contributed by atoms with Crippen LogP contribution in [0.3, 0.4) is 0 Å². The van der Waals surface area contributed by atoms with Gasteiger partial charge in [0.1, 0.15) is 11.5 Å². The minimum absolute atomic E-state index is 0.210. The molecule has 0 bridgehead atoms. The fourth-order valence-electron chi connectivity index (χ4n) is 1.75. The Morgan fingerprint density at radius 3 is 2.17 bits per heavy atom. The number of ether oxygens (including phenoxy) is 2. The second kappa shape index (κ2) is 6.37. The average molecular weight is 347 g/mol. The molecule has 0 aliphatic rings. The summed E-state index contributed by atoms with van der Waals surface area (Å²) < 4.78 is 71.7. The maximum absolute atomic E-state index is 12.2. The molecule has 1 N–H and O–H groups in total. The number of alkyl halides is 3. The van der Waals surface area contributed by atoms with E-state index < -0.39 is 22.1 Å². The Balaban J connectivity index is 2.23. The SMILES string of the molecule is COc1ccccc1NS(=O)(=O)c1ccc(OC(F)(F)F)cc1. The summed E-state index contributed by atoms with van der Waals surface area (Å²) in [5.74, 6) is -0.193. The van der Waals surface area contributed by atoms with E-state index >= 15 is 0 Å². The number of methoxy groups -OCH3 is 1. The lowest BCUT2D eigenvalue weighted by molar-refractivity contribution is -0.274. The van der Waals surface area contributed by atoms with E-state index in [1.807, 2.05) is 0 Å². The maximum Gasteiger partial charge on any atom is 0.573 e. The second-order valence-corrected chi connectivity index (χ2v) is 6.01. The standard InChI is InChI=1S/C14H12F3NO4S/c1-21-13-5-3-2-4-12(13)18-23(19,20)11-8-6-10(7-9-11)22-14(15,16)17/h2-9,18H,1H3. The molecule has 2 aromatic carbocycles. The van der Waals surface area contributed by atoms with Gasteiger partial charge in [-0.25, -0.2) is 8.42 Å². The monoisotopic (exact) mass is 347 g/mol. The number of halogens is 3. The third-order valence-electron chi connectivity index (χ3n) is 2.72. The van der Waals surface area contributed by atoms with Crippen molar-refractivity contribution in [2.24, 2.45) is 0 Å². The van der Waals surface area contributed by atoms with Gasteiger partial charge in [-0.05, 0) is 36.4 Å². The highest BCUT2D eigenvalue weighted by Gasteiger charge is 2.31. The Labute approximate surface area is 130 Å². The molecule has 124 valence electrons. The minimum atomic E-state index is -4.84. The fourth-order valence-corrected chi connectivity index (χ4v) is 2.82. The third-order valence-corrected chi connectivity index (χ3v) is 4.10. The predicted molar refractivity (Wildman–Crippen MR) is 76.9 cm³/mol. The van der Waals surface area contributed by atoms with E-state index in [2.05, 4.69) is 9.46 Å². The lowest BCUT2D eigenvalue weighted by Gasteiger charge is -2.12. The van der Waals surface area contributed by atoms with E-state index in [-0.39, 0.29) is 10.6 Å². The molecule has 0 aliphatic carbocycles. The molecule has 0 atom stereocenters. The van der Waals surface area contributed by atoms with E-state index in [4.69, 9.17) is 4.74 Å². The quantitative estimate of drug-likeness (QED) is 0.900. The van der Waals surface area contributed by atoms with Gasteiger partial charge in [-0.15, -0.1) is 13.2 Å². The Bertz CT molecular complexity index is 773. The van der Waals surface area contributed by atoms with Gasteiger partial charge in [0.05, 0.1) is 17.7 Å². The van der Waals surface area contributed by atoms with Crippen molar-refractivity contribution in [3.05, 3.63) is 48.5 Å². The fraction of sp³-hybridized carbons (Fsp3) is 0.143. The molecule has 23 heavy (non-hydrogen) atoms.